The van der Waals surface area contributed by atoms with Crippen molar-refractivity contribution < 1.29 is 19.5 Å². The summed E-state index contributed by atoms with van der Waals surface area (Å²) in [5.74, 6) is -1.21. The van der Waals surface area contributed by atoms with Crippen LogP contribution in [-0.2, 0) is 20.8 Å². The molecular weight excluding hydrogens is 364 g/mol. The Hall–Kier alpha value is -1.99. The maximum absolute atomic E-state index is 12.3. The Morgan fingerprint density at radius 2 is 2.12 bits per heavy atom. The van der Waals surface area contributed by atoms with Gasteiger partial charge in [0, 0.05) is 17.2 Å². The first kappa shape index (κ1) is 17.8. The van der Waals surface area contributed by atoms with Crippen molar-refractivity contribution in [3.63, 3.8) is 0 Å². The van der Waals surface area contributed by atoms with Crippen LogP contribution < -0.4 is 5.32 Å². The Kier molecular flexibility index (Phi) is 5.06. The first-order chi connectivity index (χ1) is 11.9. The number of hydrogen-bond donors (Lipinski definition) is 2. The van der Waals surface area contributed by atoms with Gasteiger partial charge in [0.05, 0.1) is 0 Å². The molecule has 0 spiro atoms. The van der Waals surface area contributed by atoms with Crippen molar-refractivity contribution in [2.45, 2.75) is 31.2 Å². The van der Waals surface area contributed by atoms with Gasteiger partial charge in [0.1, 0.15) is 17.1 Å². The lowest BCUT2D eigenvalue weighted by Crippen LogP contribution is -2.70. The van der Waals surface area contributed by atoms with Crippen molar-refractivity contribution in [1.82, 2.24) is 10.2 Å². The highest BCUT2D eigenvalue weighted by Crippen LogP contribution is 2.40. The molecule has 2 unspecified atom stereocenters. The third kappa shape index (κ3) is 3.39. The van der Waals surface area contributed by atoms with Gasteiger partial charge < -0.3 is 10.4 Å². The lowest BCUT2D eigenvalue weighted by molar-refractivity contribution is -0.150. The van der Waals surface area contributed by atoms with Crippen molar-refractivity contribution in [1.29, 1.82) is 0 Å². The van der Waals surface area contributed by atoms with E-state index >= 15 is 0 Å². The molecule has 6 nitrogen and oxygen atoms in total. The van der Waals surface area contributed by atoms with Crippen molar-refractivity contribution >= 4 is 41.1 Å². The molecule has 3 rings (SSSR count). The highest BCUT2D eigenvalue weighted by atomic mass is 35.5. The van der Waals surface area contributed by atoms with Crippen LogP contribution in [0, 0.1) is 0 Å². The van der Waals surface area contributed by atoms with Crippen molar-refractivity contribution in [3.8, 4) is 0 Å². The minimum absolute atomic E-state index is 0.0373. The lowest BCUT2D eigenvalue weighted by atomic mass is 10.0. The number of amides is 2. The third-order valence-electron chi connectivity index (χ3n) is 4.26. The predicted molar refractivity (Wildman–Crippen MR) is 95.1 cm³/mol. The molecule has 1 aromatic rings. The number of aliphatic carboxylic acids is 1. The molecule has 132 valence electrons. The van der Waals surface area contributed by atoms with E-state index in [0.29, 0.717) is 22.8 Å². The van der Waals surface area contributed by atoms with Crippen LogP contribution in [0.3, 0.4) is 0 Å². The number of nitrogens with one attached hydrogen (secondary N) is 1. The van der Waals surface area contributed by atoms with E-state index in [9.17, 15) is 19.5 Å². The fourth-order valence-electron chi connectivity index (χ4n) is 2.97. The molecule has 8 heteroatoms. The molecule has 0 saturated carbocycles. The number of rotatable bonds is 5. The van der Waals surface area contributed by atoms with Gasteiger partial charge in [-0.25, -0.2) is 4.79 Å². The Morgan fingerprint density at radius 1 is 1.40 bits per heavy atom. The highest BCUT2D eigenvalue weighted by molar-refractivity contribution is 8.00. The standard InChI is InChI=1S/C17H17ClN2O4S/c1-9-8-25-16-13(15(22)20(16)14(9)17(23)24)19-12(21)7-6-10-4-2-3-5-11(10)18/h2-5,13,16H,6-8H2,1H3,(H,19,21)(H,23,24). The van der Waals surface area contributed by atoms with E-state index in [1.807, 2.05) is 18.2 Å². The van der Waals surface area contributed by atoms with E-state index in [1.54, 1.807) is 13.0 Å². The fourth-order valence-corrected chi connectivity index (χ4v) is 4.49. The second-order valence-corrected chi connectivity index (χ2v) is 7.49. The number of hydrogen-bond acceptors (Lipinski definition) is 4. The van der Waals surface area contributed by atoms with Crippen LogP contribution in [0.2, 0.25) is 5.02 Å². The Morgan fingerprint density at radius 3 is 2.80 bits per heavy atom. The molecule has 25 heavy (non-hydrogen) atoms. The summed E-state index contributed by atoms with van der Waals surface area (Å²) in [4.78, 5) is 37.1. The van der Waals surface area contributed by atoms with Gasteiger partial charge in [-0.2, -0.15) is 0 Å². The second-order valence-electron chi connectivity index (χ2n) is 5.98. The summed E-state index contributed by atoms with van der Waals surface area (Å²) < 4.78 is 0. The molecule has 0 aromatic heterocycles. The maximum atomic E-state index is 12.3. The third-order valence-corrected chi connectivity index (χ3v) is 6.05. The number of carboxylic acid groups (broad SMARTS) is 1. The zero-order valence-corrected chi connectivity index (χ0v) is 15.1. The Bertz CT molecular complexity index is 780. The van der Waals surface area contributed by atoms with E-state index < -0.39 is 12.0 Å². The van der Waals surface area contributed by atoms with Crippen molar-refractivity contribution in [3.05, 3.63) is 46.1 Å². The summed E-state index contributed by atoms with van der Waals surface area (Å²) in [6, 6.07) is 6.63. The predicted octanol–water partition coefficient (Wildman–Crippen LogP) is 2.03. The molecule has 2 aliphatic rings. The smallest absolute Gasteiger partial charge is 0.352 e. The van der Waals surface area contributed by atoms with E-state index in [4.69, 9.17) is 11.6 Å². The summed E-state index contributed by atoms with van der Waals surface area (Å²) in [6.07, 6.45) is 0.693. The van der Waals surface area contributed by atoms with Gasteiger partial charge in [-0.05, 0) is 30.5 Å². The number of benzene rings is 1. The van der Waals surface area contributed by atoms with E-state index in [0.717, 1.165) is 5.56 Å². The number of aryl methyl sites for hydroxylation is 1. The van der Waals surface area contributed by atoms with Crippen molar-refractivity contribution in [2.24, 2.45) is 0 Å². The van der Waals surface area contributed by atoms with E-state index in [1.165, 1.54) is 16.7 Å². The first-order valence-electron chi connectivity index (χ1n) is 7.80. The number of fused-ring (bicyclic) bond motifs is 1. The number of nitrogens with zero attached hydrogens (tertiary/aromatic N) is 1. The van der Waals surface area contributed by atoms with Crippen LogP contribution in [0.1, 0.15) is 18.9 Å². The molecule has 0 radical (unpaired) electrons. The highest BCUT2D eigenvalue weighted by Gasteiger charge is 2.53. The largest absolute Gasteiger partial charge is 0.477 e. The lowest BCUT2D eigenvalue weighted by Gasteiger charge is -2.49. The number of β-lactam (4-membered cyclic amide) rings is 1. The quantitative estimate of drug-likeness (QED) is 0.763. The molecular formula is C17H17ClN2O4S. The minimum Gasteiger partial charge on any atom is -0.477 e. The van der Waals surface area contributed by atoms with Crippen LogP contribution in [0.15, 0.2) is 35.5 Å². The monoisotopic (exact) mass is 380 g/mol. The molecule has 2 amide bonds. The van der Waals surface area contributed by atoms with Gasteiger partial charge in [0.15, 0.2) is 0 Å². The summed E-state index contributed by atoms with van der Waals surface area (Å²) in [6.45, 7) is 1.70. The molecule has 0 bridgehead atoms. The number of thioether (sulfide) groups is 1. The van der Waals surface area contributed by atoms with Gasteiger partial charge in [-0.15, -0.1) is 11.8 Å². The molecule has 2 atom stereocenters. The molecule has 1 saturated heterocycles. The minimum atomic E-state index is -1.11. The summed E-state index contributed by atoms with van der Waals surface area (Å²) in [7, 11) is 0. The van der Waals surface area contributed by atoms with Crippen LogP contribution in [-0.4, -0.2) is 45.0 Å². The zero-order valence-electron chi connectivity index (χ0n) is 13.5. The SMILES string of the molecule is CC1=C(C(=O)O)N2C(=O)C(NC(=O)CCc3ccccc3Cl)C2SC1. The molecule has 2 heterocycles. The number of carboxylic acids is 1. The van der Waals surface area contributed by atoms with Gasteiger partial charge in [0.25, 0.3) is 5.91 Å². The molecule has 2 N–H and O–H groups in total. The van der Waals surface area contributed by atoms with Crippen LogP contribution in [0.25, 0.3) is 0 Å². The summed E-state index contributed by atoms with van der Waals surface area (Å²) in [5, 5.41) is 12.3. The average molecular weight is 381 g/mol. The van der Waals surface area contributed by atoms with E-state index in [-0.39, 0.29) is 29.3 Å². The molecule has 1 fully saturated rings. The van der Waals surface area contributed by atoms with Gasteiger partial charge in [-0.1, -0.05) is 29.8 Å². The van der Waals surface area contributed by atoms with Gasteiger partial charge in [0.2, 0.25) is 5.91 Å². The fraction of sp³-hybridized carbons (Fsp3) is 0.353. The van der Waals surface area contributed by atoms with Crippen LogP contribution in [0.4, 0.5) is 0 Å². The van der Waals surface area contributed by atoms with Gasteiger partial charge in [-0.3, -0.25) is 14.5 Å². The number of halogens is 1. The average Bonchev–Trinajstić information content (AvgIpc) is 2.58. The summed E-state index contributed by atoms with van der Waals surface area (Å²) >= 11 is 7.53. The van der Waals surface area contributed by atoms with E-state index in [2.05, 4.69) is 5.32 Å². The zero-order chi connectivity index (χ0) is 18.1. The first-order valence-corrected chi connectivity index (χ1v) is 9.23. The molecule has 2 aliphatic heterocycles. The van der Waals surface area contributed by atoms with Crippen molar-refractivity contribution in [2.75, 3.05) is 5.75 Å². The van der Waals surface area contributed by atoms with Gasteiger partial charge >= 0.3 is 5.97 Å². The van der Waals surface area contributed by atoms with Crippen LogP contribution >= 0.6 is 23.4 Å². The number of carbonyl (C=O) groups excluding carboxylic acids is 2. The van der Waals surface area contributed by atoms with Crippen LogP contribution in [0.5, 0.6) is 0 Å². The Labute approximate surface area is 154 Å². The normalized spacial score (nSPS) is 22.3. The number of carbonyl (C=O) groups is 3. The maximum Gasteiger partial charge on any atom is 0.352 e. The molecule has 0 aliphatic carbocycles. The summed E-state index contributed by atoms with van der Waals surface area (Å²) in [5.41, 5.74) is 1.57. The Balaban J connectivity index is 1.60. The second kappa shape index (κ2) is 7.09. The molecule has 1 aromatic carbocycles. The topological polar surface area (TPSA) is 86.7 Å².